The van der Waals surface area contributed by atoms with E-state index in [2.05, 4.69) is 5.32 Å². The van der Waals surface area contributed by atoms with E-state index in [0.29, 0.717) is 25.4 Å². The van der Waals surface area contributed by atoms with E-state index in [1.54, 1.807) is 7.11 Å². The van der Waals surface area contributed by atoms with Crippen molar-refractivity contribution < 1.29 is 14.3 Å². The third-order valence-electron chi connectivity index (χ3n) is 4.07. The Morgan fingerprint density at radius 3 is 2.54 bits per heavy atom. The van der Waals surface area contributed by atoms with Crippen LogP contribution in [0.2, 0.25) is 0 Å². The van der Waals surface area contributed by atoms with Crippen molar-refractivity contribution in [3.05, 3.63) is 59.7 Å². The number of hydrogen-bond donors (Lipinski definition) is 1. The molecule has 0 saturated carbocycles. The molecule has 0 fully saturated rings. The van der Waals surface area contributed by atoms with Crippen molar-refractivity contribution in [2.45, 2.75) is 26.4 Å². The van der Waals surface area contributed by atoms with Crippen molar-refractivity contribution in [2.24, 2.45) is 0 Å². The Morgan fingerprint density at radius 2 is 1.88 bits per heavy atom. The number of ether oxygens (including phenoxy) is 2. The molecule has 0 saturated heterocycles. The lowest BCUT2D eigenvalue weighted by atomic mass is 10.1. The molecule has 5 nitrogen and oxygen atoms in total. The lowest BCUT2D eigenvalue weighted by Crippen LogP contribution is -2.36. The van der Waals surface area contributed by atoms with E-state index in [1.807, 2.05) is 74.3 Å². The van der Waals surface area contributed by atoms with Crippen molar-refractivity contribution in [3.63, 3.8) is 0 Å². The Hall–Kier alpha value is -2.53. The molecule has 1 N–H and O–H groups in total. The summed E-state index contributed by atoms with van der Waals surface area (Å²) in [5, 5.41) is 3.04. The summed E-state index contributed by atoms with van der Waals surface area (Å²) in [5.74, 6) is 1.44. The summed E-state index contributed by atoms with van der Waals surface area (Å²) >= 11 is 0. The topological polar surface area (TPSA) is 50.8 Å². The summed E-state index contributed by atoms with van der Waals surface area (Å²) in [6, 6.07) is 15.8. The number of rotatable bonds is 9. The minimum absolute atomic E-state index is 0.00162. The lowest BCUT2D eigenvalue weighted by molar-refractivity contribution is -0.122. The minimum Gasteiger partial charge on any atom is -0.493 e. The molecule has 2 aromatic carbocycles. The van der Waals surface area contributed by atoms with Crippen LogP contribution in [0.15, 0.2) is 48.5 Å². The van der Waals surface area contributed by atoms with Gasteiger partial charge in [0.25, 0.3) is 0 Å². The van der Waals surface area contributed by atoms with Crippen LogP contribution >= 0.6 is 0 Å². The first kappa shape index (κ1) is 19.8. The Morgan fingerprint density at radius 1 is 1.15 bits per heavy atom. The average Bonchev–Trinajstić information content (AvgIpc) is 2.63. The van der Waals surface area contributed by atoms with Gasteiger partial charge in [0.15, 0.2) is 11.5 Å². The highest BCUT2D eigenvalue weighted by molar-refractivity contribution is 5.78. The molecular weight excluding hydrogens is 328 g/mol. The van der Waals surface area contributed by atoms with E-state index in [9.17, 15) is 4.79 Å². The molecule has 26 heavy (non-hydrogen) atoms. The number of nitrogens with zero attached hydrogens (tertiary/aromatic N) is 1. The number of hydrogen-bond acceptors (Lipinski definition) is 4. The molecule has 140 valence electrons. The van der Waals surface area contributed by atoms with E-state index in [-0.39, 0.29) is 11.9 Å². The second kappa shape index (κ2) is 9.82. The molecule has 2 rings (SSSR count). The summed E-state index contributed by atoms with van der Waals surface area (Å²) in [7, 11) is 3.56. The molecule has 1 amide bonds. The van der Waals surface area contributed by atoms with Crippen molar-refractivity contribution in [3.8, 4) is 11.5 Å². The minimum atomic E-state index is -0.0114. The zero-order valence-corrected chi connectivity index (χ0v) is 16.0. The molecule has 0 spiro atoms. The highest BCUT2D eigenvalue weighted by Gasteiger charge is 2.13. The molecule has 0 aliphatic heterocycles. The second-order valence-electron chi connectivity index (χ2n) is 6.29. The summed E-state index contributed by atoms with van der Waals surface area (Å²) < 4.78 is 10.9. The van der Waals surface area contributed by atoms with Gasteiger partial charge in [0.2, 0.25) is 5.91 Å². The predicted octanol–water partition coefficient (Wildman–Crippen LogP) is 3.40. The van der Waals surface area contributed by atoms with Gasteiger partial charge < -0.3 is 14.8 Å². The molecule has 0 aromatic heterocycles. The van der Waals surface area contributed by atoms with Crippen LogP contribution in [0.25, 0.3) is 0 Å². The smallest absolute Gasteiger partial charge is 0.234 e. The molecular formula is C21H28N2O3. The average molecular weight is 356 g/mol. The molecule has 1 atom stereocenters. The van der Waals surface area contributed by atoms with Crippen molar-refractivity contribution in [1.82, 2.24) is 10.2 Å². The summed E-state index contributed by atoms with van der Waals surface area (Å²) in [4.78, 5) is 14.3. The maximum Gasteiger partial charge on any atom is 0.234 e. The van der Waals surface area contributed by atoms with E-state index < -0.39 is 0 Å². The van der Waals surface area contributed by atoms with Crippen LogP contribution < -0.4 is 14.8 Å². The Balaban J connectivity index is 1.89. The molecule has 2 aromatic rings. The molecule has 0 bridgehead atoms. The number of methoxy groups -OCH3 is 1. The van der Waals surface area contributed by atoms with Crippen molar-refractivity contribution >= 4 is 5.91 Å². The predicted molar refractivity (Wildman–Crippen MR) is 103 cm³/mol. The van der Waals surface area contributed by atoms with E-state index in [0.717, 1.165) is 16.9 Å². The van der Waals surface area contributed by atoms with Crippen LogP contribution in [0.4, 0.5) is 0 Å². The zero-order chi connectivity index (χ0) is 18.9. The first-order chi connectivity index (χ1) is 12.5. The van der Waals surface area contributed by atoms with Crippen LogP contribution in [0.5, 0.6) is 11.5 Å². The second-order valence-corrected chi connectivity index (χ2v) is 6.29. The molecule has 5 heteroatoms. The molecule has 0 aliphatic rings. The van der Waals surface area contributed by atoms with Crippen molar-refractivity contribution in [2.75, 3.05) is 27.3 Å². The van der Waals surface area contributed by atoms with Crippen LogP contribution in [0, 0.1) is 0 Å². The molecule has 0 radical (unpaired) electrons. The van der Waals surface area contributed by atoms with Crippen LogP contribution in [-0.2, 0) is 11.3 Å². The largest absolute Gasteiger partial charge is 0.493 e. The Labute approximate surface area is 155 Å². The fourth-order valence-electron chi connectivity index (χ4n) is 2.81. The van der Waals surface area contributed by atoms with Gasteiger partial charge in [-0.15, -0.1) is 0 Å². The highest BCUT2D eigenvalue weighted by Crippen LogP contribution is 2.28. The van der Waals surface area contributed by atoms with Gasteiger partial charge in [-0.05, 0) is 44.2 Å². The number of likely N-dealkylation sites (N-methyl/N-ethyl adjacent to an activating group) is 1. The first-order valence-corrected chi connectivity index (χ1v) is 8.86. The van der Waals surface area contributed by atoms with Gasteiger partial charge >= 0.3 is 0 Å². The summed E-state index contributed by atoms with van der Waals surface area (Å²) in [6.07, 6.45) is 0. The maximum absolute atomic E-state index is 12.3. The van der Waals surface area contributed by atoms with Gasteiger partial charge in [-0.2, -0.15) is 0 Å². The van der Waals surface area contributed by atoms with Gasteiger partial charge in [0.05, 0.1) is 26.3 Å². The summed E-state index contributed by atoms with van der Waals surface area (Å²) in [5.41, 5.74) is 2.16. The first-order valence-electron chi connectivity index (χ1n) is 8.86. The number of carbonyl (C=O) groups excluding carboxylic acids is 1. The van der Waals surface area contributed by atoms with Crippen molar-refractivity contribution in [1.29, 1.82) is 0 Å². The van der Waals surface area contributed by atoms with Crippen LogP contribution in [0.1, 0.15) is 31.0 Å². The number of amides is 1. The standard InChI is InChI=1S/C21H28N2O3/c1-5-26-19-12-11-17(13-20(19)25-4)14-23(3)15-21(24)22-16(2)18-9-7-6-8-10-18/h6-13,16H,5,14-15H2,1-4H3,(H,22,24)/t16-/m0/s1. The lowest BCUT2D eigenvalue weighted by Gasteiger charge is -2.20. The third kappa shape index (κ3) is 5.77. The van der Waals surface area contributed by atoms with Crippen LogP contribution in [-0.4, -0.2) is 38.1 Å². The van der Waals surface area contributed by atoms with Gasteiger partial charge in [0, 0.05) is 6.54 Å². The van der Waals surface area contributed by atoms with Gasteiger partial charge in [0.1, 0.15) is 0 Å². The van der Waals surface area contributed by atoms with Crippen LogP contribution in [0.3, 0.4) is 0 Å². The fourth-order valence-corrected chi connectivity index (χ4v) is 2.81. The van der Waals surface area contributed by atoms with Gasteiger partial charge in [-0.1, -0.05) is 36.4 Å². The number of carbonyl (C=O) groups is 1. The summed E-state index contributed by atoms with van der Waals surface area (Å²) in [6.45, 7) is 5.50. The molecule has 0 heterocycles. The maximum atomic E-state index is 12.3. The zero-order valence-electron chi connectivity index (χ0n) is 16.0. The molecule has 0 aliphatic carbocycles. The molecule has 0 unspecified atom stereocenters. The third-order valence-corrected chi connectivity index (χ3v) is 4.07. The van der Waals surface area contributed by atoms with E-state index >= 15 is 0 Å². The SMILES string of the molecule is CCOc1ccc(CN(C)CC(=O)N[C@@H](C)c2ccccc2)cc1OC. The monoisotopic (exact) mass is 356 g/mol. The Kier molecular flexibility index (Phi) is 7.48. The quantitative estimate of drug-likeness (QED) is 0.748. The van der Waals surface area contributed by atoms with Gasteiger partial charge in [-0.25, -0.2) is 0 Å². The fraction of sp³-hybridized carbons (Fsp3) is 0.381. The van der Waals surface area contributed by atoms with E-state index in [1.165, 1.54) is 0 Å². The number of benzene rings is 2. The normalized spacial score (nSPS) is 11.9. The van der Waals surface area contributed by atoms with Gasteiger partial charge in [-0.3, -0.25) is 9.69 Å². The Bertz CT molecular complexity index is 704. The number of nitrogens with one attached hydrogen (secondary N) is 1. The van der Waals surface area contributed by atoms with E-state index in [4.69, 9.17) is 9.47 Å². The highest BCUT2D eigenvalue weighted by atomic mass is 16.5.